The van der Waals surface area contributed by atoms with Gasteiger partial charge in [-0.1, -0.05) is 11.6 Å². The summed E-state index contributed by atoms with van der Waals surface area (Å²) in [6, 6.07) is 2.77. The molecule has 0 aliphatic heterocycles. The standard InChI is InChI=1S/C12H9ClFNO10S4/c13-9-5-7(14)1-3-10(9)26(16,17)15-27(18,19)11-4-2-8(28(20,21)22)6-12(11)29(23,24)25/h1-6,15H,(H,20,21,22)(H,23,24,25). The normalized spacial score (nSPS) is 13.4. The van der Waals surface area contributed by atoms with Gasteiger partial charge in [0, 0.05) is 0 Å². The first-order valence-corrected chi connectivity index (χ1v) is 13.0. The van der Waals surface area contributed by atoms with Crippen LogP contribution in [0.1, 0.15) is 0 Å². The lowest BCUT2D eigenvalue weighted by atomic mass is 10.3. The molecule has 0 fully saturated rings. The summed E-state index contributed by atoms with van der Waals surface area (Å²) in [7, 11) is -20.7. The minimum atomic E-state index is -5.40. The van der Waals surface area contributed by atoms with E-state index < -0.39 is 70.7 Å². The van der Waals surface area contributed by atoms with Gasteiger partial charge in [-0.3, -0.25) is 9.11 Å². The molecular weight excluding hydrogens is 501 g/mol. The number of benzene rings is 2. The van der Waals surface area contributed by atoms with Gasteiger partial charge in [0.2, 0.25) is 0 Å². The third kappa shape index (κ3) is 5.28. The fourth-order valence-corrected chi connectivity index (χ4v) is 7.30. The van der Waals surface area contributed by atoms with Gasteiger partial charge in [-0.05, 0) is 36.4 Å². The van der Waals surface area contributed by atoms with Crippen LogP contribution in [-0.2, 0) is 40.3 Å². The molecule has 17 heteroatoms. The predicted octanol–water partition coefficient (Wildman–Crippen LogP) is 0.640. The Morgan fingerprint density at radius 3 is 1.72 bits per heavy atom. The van der Waals surface area contributed by atoms with Crippen molar-refractivity contribution in [3.05, 3.63) is 47.2 Å². The van der Waals surface area contributed by atoms with Crippen molar-refractivity contribution >= 4 is 51.9 Å². The molecule has 160 valence electrons. The van der Waals surface area contributed by atoms with Crippen LogP contribution in [0.15, 0.2) is 56.0 Å². The average molecular weight is 510 g/mol. The number of hydrogen-bond donors (Lipinski definition) is 3. The smallest absolute Gasteiger partial charge is 0.282 e. The monoisotopic (exact) mass is 509 g/mol. The molecule has 0 saturated heterocycles. The maximum Gasteiger partial charge on any atom is 0.295 e. The summed E-state index contributed by atoms with van der Waals surface area (Å²) >= 11 is 5.58. The third-order valence-electron chi connectivity index (χ3n) is 3.18. The van der Waals surface area contributed by atoms with Crippen molar-refractivity contribution in [2.45, 2.75) is 19.6 Å². The van der Waals surface area contributed by atoms with E-state index in [0.29, 0.717) is 30.3 Å². The lowest BCUT2D eigenvalue weighted by Gasteiger charge is -2.12. The molecule has 0 aliphatic rings. The van der Waals surface area contributed by atoms with Gasteiger partial charge in [0.05, 0.1) is 9.92 Å². The van der Waals surface area contributed by atoms with E-state index in [0.717, 1.165) is 4.13 Å². The van der Waals surface area contributed by atoms with E-state index >= 15 is 0 Å². The van der Waals surface area contributed by atoms with Crippen molar-refractivity contribution in [1.82, 2.24) is 4.13 Å². The van der Waals surface area contributed by atoms with E-state index in [2.05, 4.69) is 0 Å². The molecule has 3 N–H and O–H groups in total. The first-order valence-electron chi connectivity index (χ1n) is 6.78. The molecule has 0 amide bonds. The molecule has 2 aromatic carbocycles. The van der Waals surface area contributed by atoms with E-state index in [9.17, 15) is 42.6 Å². The van der Waals surface area contributed by atoms with Gasteiger partial charge in [0.15, 0.2) is 0 Å². The maximum absolute atomic E-state index is 13.1. The molecule has 11 nitrogen and oxygen atoms in total. The molecule has 0 spiro atoms. The van der Waals surface area contributed by atoms with E-state index in [1.165, 1.54) is 0 Å². The molecule has 0 saturated carbocycles. The van der Waals surface area contributed by atoms with Crippen molar-refractivity contribution in [3.8, 4) is 0 Å². The summed E-state index contributed by atoms with van der Waals surface area (Å²) in [5.41, 5.74) is 0. The lowest BCUT2D eigenvalue weighted by Crippen LogP contribution is -2.32. The SMILES string of the molecule is O=S(=O)(O)c1ccc(S(=O)(=O)NS(=O)(=O)c2ccc(F)cc2Cl)c(S(=O)(=O)O)c1. The highest BCUT2D eigenvalue weighted by molar-refractivity contribution is 8.05. The lowest BCUT2D eigenvalue weighted by molar-refractivity contribution is 0.477. The average Bonchev–Trinajstić information content (AvgIpc) is 2.51. The molecule has 0 aliphatic carbocycles. The molecule has 0 unspecified atom stereocenters. The van der Waals surface area contributed by atoms with Crippen molar-refractivity contribution in [2.24, 2.45) is 0 Å². The van der Waals surface area contributed by atoms with Crippen LogP contribution < -0.4 is 4.13 Å². The topological polar surface area (TPSA) is 189 Å². The molecule has 29 heavy (non-hydrogen) atoms. The van der Waals surface area contributed by atoms with E-state index in [-0.39, 0.29) is 6.07 Å². The minimum Gasteiger partial charge on any atom is -0.282 e. The molecule has 2 rings (SSSR count). The second-order valence-electron chi connectivity index (χ2n) is 5.22. The molecule has 0 atom stereocenters. The zero-order chi connectivity index (χ0) is 22.4. The molecule has 0 radical (unpaired) electrons. The molecule has 0 heterocycles. The van der Waals surface area contributed by atoms with E-state index in [4.69, 9.17) is 16.2 Å². The fraction of sp³-hybridized carbons (Fsp3) is 0. The van der Waals surface area contributed by atoms with Crippen molar-refractivity contribution in [2.75, 3.05) is 0 Å². The van der Waals surface area contributed by atoms with Crippen molar-refractivity contribution < 1.29 is 47.2 Å². The number of rotatable bonds is 6. The highest BCUT2D eigenvalue weighted by Gasteiger charge is 2.32. The summed E-state index contributed by atoms with van der Waals surface area (Å²) in [5.74, 6) is -0.925. The second kappa shape index (κ2) is 7.55. The first kappa shape index (κ1) is 23.6. The Balaban J connectivity index is 2.67. The first-order chi connectivity index (χ1) is 12.9. The van der Waals surface area contributed by atoms with E-state index in [1.807, 2.05) is 0 Å². The Morgan fingerprint density at radius 1 is 0.724 bits per heavy atom. The second-order valence-corrected chi connectivity index (χ2v) is 12.0. The van der Waals surface area contributed by atoms with Gasteiger partial charge < -0.3 is 0 Å². The maximum atomic E-state index is 13.1. The Hall–Kier alpha value is -1.66. The van der Waals surface area contributed by atoms with Crippen molar-refractivity contribution in [1.29, 1.82) is 0 Å². The van der Waals surface area contributed by atoms with Gasteiger partial charge in [-0.15, -0.1) is 4.13 Å². The van der Waals surface area contributed by atoms with Crippen LogP contribution >= 0.6 is 11.6 Å². The predicted molar refractivity (Wildman–Crippen MR) is 95.0 cm³/mol. The van der Waals surface area contributed by atoms with Crippen LogP contribution in [-0.4, -0.2) is 42.8 Å². The van der Waals surface area contributed by atoms with Crippen LogP contribution in [0, 0.1) is 5.82 Å². The van der Waals surface area contributed by atoms with E-state index in [1.54, 1.807) is 0 Å². The number of nitrogens with one attached hydrogen (secondary N) is 1. The highest BCUT2D eigenvalue weighted by atomic mass is 35.5. The molecule has 0 bridgehead atoms. The van der Waals surface area contributed by atoms with Crippen LogP contribution in [0.2, 0.25) is 5.02 Å². The largest absolute Gasteiger partial charge is 0.295 e. The minimum absolute atomic E-state index is 0.108. The molecule has 0 aromatic heterocycles. The summed E-state index contributed by atoms with van der Waals surface area (Å²) < 4.78 is 127. The Labute approximate surface area is 169 Å². The number of sulfonamides is 2. The summed E-state index contributed by atoms with van der Waals surface area (Å²) in [4.78, 5) is -4.84. The zero-order valence-corrected chi connectivity index (χ0v) is 17.5. The molecule has 2 aromatic rings. The molecular formula is C12H9ClFNO10S4. The fourth-order valence-electron chi connectivity index (χ4n) is 2.00. The van der Waals surface area contributed by atoms with Gasteiger partial charge in [0.25, 0.3) is 40.3 Å². The summed E-state index contributed by atoms with van der Waals surface area (Å²) in [6.07, 6.45) is 0. The van der Waals surface area contributed by atoms with Crippen molar-refractivity contribution in [3.63, 3.8) is 0 Å². The zero-order valence-electron chi connectivity index (χ0n) is 13.5. The quantitative estimate of drug-likeness (QED) is 0.466. The van der Waals surface area contributed by atoms with Crippen LogP contribution in [0.25, 0.3) is 0 Å². The van der Waals surface area contributed by atoms with Crippen LogP contribution in [0.5, 0.6) is 0 Å². The van der Waals surface area contributed by atoms with Gasteiger partial charge in [0.1, 0.15) is 20.5 Å². The Morgan fingerprint density at radius 2 is 1.24 bits per heavy atom. The van der Waals surface area contributed by atoms with Crippen LogP contribution in [0.3, 0.4) is 0 Å². The number of hydrogen-bond acceptors (Lipinski definition) is 8. The summed E-state index contributed by atoms with van der Waals surface area (Å²) in [6.45, 7) is 0. The van der Waals surface area contributed by atoms with Gasteiger partial charge in [-0.25, -0.2) is 21.2 Å². The Bertz CT molecular complexity index is 1420. The van der Waals surface area contributed by atoms with Crippen LogP contribution in [0.4, 0.5) is 4.39 Å². The van der Waals surface area contributed by atoms with Gasteiger partial charge in [-0.2, -0.15) is 16.8 Å². The summed E-state index contributed by atoms with van der Waals surface area (Å²) in [5, 5.41) is -0.690. The number of halogens is 2. The third-order valence-corrected chi connectivity index (χ3v) is 9.11. The van der Waals surface area contributed by atoms with Gasteiger partial charge >= 0.3 is 0 Å². The highest BCUT2D eigenvalue weighted by Crippen LogP contribution is 2.27. The Kier molecular flexibility index (Phi) is 6.15.